The number of rotatable bonds is 5. The second-order valence-electron chi connectivity index (χ2n) is 8.08. The topological polar surface area (TPSA) is 69.7 Å². The van der Waals surface area contributed by atoms with Crippen molar-refractivity contribution in [1.82, 2.24) is 4.31 Å². The molecule has 2 aromatic carbocycles. The third kappa shape index (κ3) is 4.23. The maximum Gasteiger partial charge on any atom is 0.246 e. The second-order valence-corrected chi connectivity index (χ2v) is 10.0. The predicted octanol–water partition coefficient (Wildman–Crippen LogP) is 3.64. The summed E-state index contributed by atoms with van der Waals surface area (Å²) in [5.41, 5.74) is 2.88. The molecule has 2 aromatic rings. The van der Waals surface area contributed by atoms with Crippen molar-refractivity contribution in [3.63, 3.8) is 0 Å². The van der Waals surface area contributed by atoms with Gasteiger partial charge in [0, 0.05) is 31.0 Å². The van der Waals surface area contributed by atoms with Crippen molar-refractivity contribution in [2.24, 2.45) is 0 Å². The second kappa shape index (κ2) is 8.78. The summed E-state index contributed by atoms with van der Waals surface area (Å²) in [6.07, 6.45) is 4.89. The van der Waals surface area contributed by atoms with Gasteiger partial charge in [-0.25, -0.2) is 8.42 Å². The van der Waals surface area contributed by atoms with E-state index in [1.165, 1.54) is 5.56 Å². The number of nitrogens with one attached hydrogen (secondary N) is 1. The van der Waals surface area contributed by atoms with Crippen LogP contribution in [0.5, 0.6) is 0 Å². The standard InChI is InChI=1S/C23H29N3O3S/c1-18(26-16-8-10-19-9-3-4-13-22(19)26)23(27)24-20-11-7-12-21(17-20)30(28,29)25-14-5-2-6-15-25/h3-4,7,9,11-13,17-18H,2,5-6,8,10,14-16H2,1H3,(H,24,27). The first-order chi connectivity index (χ1) is 14.5. The number of amides is 1. The van der Waals surface area contributed by atoms with Crippen LogP contribution in [0.1, 0.15) is 38.2 Å². The molecule has 2 heterocycles. The molecule has 6 nitrogen and oxygen atoms in total. The van der Waals surface area contributed by atoms with Gasteiger partial charge in [0.05, 0.1) is 4.90 Å². The first-order valence-corrected chi connectivity index (χ1v) is 12.2. The smallest absolute Gasteiger partial charge is 0.246 e. The molecule has 30 heavy (non-hydrogen) atoms. The van der Waals surface area contributed by atoms with Gasteiger partial charge in [-0.1, -0.05) is 30.7 Å². The fourth-order valence-electron chi connectivity index (χ4n) is 4.34. The summed E-state index contributed by atoms with van der Waals surface area (Å²) >= 11 is 0. The summed E-state index contributed by atoms with van der Waals surface area (Å²) in [6.45, 7) is 3.84. The van der Waals surface area contributed by atoms with Gasteiger partial charge >= 0.3 is 0 Å². The average molecular weight is 428 g/mol. The number of sulfonamides is 1. The van der Waals surface area contributed by atoms with E-state index >= 15 is 0 Å². The van der Waals surface area contributed by atoms with Crippen molar-refractivity contribution < 1.29 is 13.2 Å². The molecule has 0 aromatic heterocycles. The van der Waals surface area contributed by atoms with E-state index in [4.69, 9.17) is 0 Å². The summed E-state index contributed by atoms with van der Waals surface area (Å²) in [5.74, 6) is -0.140. The van der Waals surface area contributed by atoms with Crippen molar-refractivity contribution in [1.29, 1.82) is 0 Å². The molecule has 1 atom stereocenters. The zero-order valence-corrected chi connectivity index (χ0v) is 18.2. The third-order valence-electron chi connectivity index (χ3n) is 6.05. The highest BCUT2D eigenvalue weighted by atomic mass is 32.2. The van der Waals surface area contributed by atoms with Crippen molar-refractivity contribution in [2.75, 3.05) is 29.9 Å². The number of carbonyl (C=O) groups excluding carboxylic acids is 1. The van der Waals surface area contributed by atoms with Gasteiger partial charge in [0.2, 0.25) is 15.9 Å². The molecule has 4 rings (SSSR count). The zero-order chi connectivity index (χ0) is 21.1. The van der Waals surface area contributed by atoms with E-state index in [0.717, 1.165) is 44.3 Å². The number of aryl methyl sites for hydroxylation is 1. The Morgan fingerprint density at radius 3 is 2.53 bits per heavy atom. The van der Waals surface area contributed by atoms with Crippen molar-refractivity contribution >= 4 is 27.3 Å². The molecule has 0 spiro atoms. The highest BCUT2D eigenvalue weighted by Crippen LogP contribution is 2.29. The van der Waals surface area contributed by atoms with Crippen LogP contribution in [-0.4, -0.2) is 44.3 Å². The van der Waals surface area contributed by atoms with Gasteiger partial charge in [-0.15, -0.1) is 0 Å². The molecule has 1 N–H and O–H groups in total. The van der Waals surface area contributed by atoms with E-state index in [0.29, 0.717) is 18.8 Å². The Bertz CT molecular complexity index is 1020. The van der Waals surface area contributed by atoms with E-state index in [1.54, 1.807) is 28.6 Å². The molecule has 1 saturated heterocycles. The number of piperidine rings is 1. The van der Waals surface area contributed by atoms with Crippen LogP contribution in [0.15, 0.2) is 53.4 Å². The highest BCUT2D eigenvalue weighted by Gasteiger charge is 2.28. The zero-order valence-electron chi connectivity index (χ0n) is 17.4. The van der Waals surface area contributed by atoms with Gasteiger partial charge in [-0.05, 0) is 62.4 Å². The molecule has 0 saturated carbocycles. The average Bonchev–Trinajstić information content (AvgIpc) is 2.79. The monoisotopic (exact) mass is 427 g/mol. The van der Waals surface area contributed by atoms with Crippen LogP contribution in [-0.2, 0) is 21.2 Å². The maximum atomic E-state index is 13.0. The minimum absolute atomic E-state index is 0.140. The number of anilines is 2. The van der Waals surface area contributed by atoms with Gasteiger partial charge in [-0.3, -0.25) is 4.79 Å². The molecule has 7 heteroatoms. The lowest BCUT2D eigenvalue weighted by molar-refractivity contribution is -0.117. The molecule has 1 fully saturated rings. The Balaban J connectivity index is 1.50. The largest absolute Gasteiger partial charge is 0.360 e. The van der Waals surface area contributed by atoms with Crippen LogP contribution in [0.3, 0.4) is 0 Å². The molecule has 0 radical (unpaired) electrons. The van der Waals surface area contributed by atoms with E-state index < -0.39 is 10.0 Å². The van der Waals surface area contributed by atoms with Crippen LogP contribution in [0.25, 0.3) is 0 Å². The number of fused-ring (bicyclic) bond motifs is 1. The van der Waals surface area contributed by atoms with E-state index in [2.05, 4.69) is 22.3 Å². The normalized spacial score (nSPS) is 18.5. The summed E-state index contributed by atoms with van der Waals surface area (Å²) in [5, 5.41) is 2.92. The number of hydrogen-bond donors (Lipinski definition) is 1. The van der Waals surface area contributed by atoms with Crippen LogP contribution < -0.4 is 10.2 Å². The Kier molecular flexibility index (Phi) is 6.11. The quantitative estimate of drug-likeness (QED) is 0.791. The van der Waals surface area contributed by atoms with E-state index in [-0.39, 0.29) is 16.8 Å². The van der Waals surface area contributed by atoms with Crippen molar-refractivity contribution in [2.45, 2.75) is 50.0 Å². The highest BCUT2D eigenvalue weighted by molar-refractivity contribution is 7.89. The minimum Gasteiger partial charge on any atom is -0.360 e. The number of para-hydroxylation sites is 1. The third-order valence-corrected chi connectivity index (χ3v) is 7.94. The Labute approximate surface area is 178 Å². The van der Waals surface area contributed by atoms with Crippen molar-refractivity contribution in [3.05, 3.63) is 54.1 Å². The first kappa shape index (κ1) is 20.9. The van der Waals surface area contributed by atoms with E-state index in [1.807, 2.05) is 19.1 Å². The maximum absolute atomic E-state index is 13.0. The predicted molar refractivity (Wildman–Crippen MR) is 119 cm³/mol. The lowest BCUT2D eigenvalue weighted by atomic mass is 10.00. The van der Waals surface area contributed by atoms with Gasteiger partial charge < -0.3 is 10.2 Å². The summed E-state index contributed by atoms with van der Waals surface area (Å²) in [4.78, 5) is 15.3. The Morgan fingerprint density at radius 1 is 0.967 bits per heavy atom. The van der Waals surface area contributed by atoms with Gasteiger partial charge in [0.1, 0.15) is 6.04 Å². The molecular formula is C23H29N3O3S. The lowest BCUT2D eigenvalue weighted by Crippen LogP contribution is -2.44. The van der Waals surface area contributed by atoms with Crippen molar-refractivity contribution in [3.8, 4) is 0 Å². The number of carbonyl (C=O) groups is 1. The summed E-state index contributed by atoms with van der Waals surface area (Å²) in [7, 11) is -3.53. The fraction of sp³-hybridized carbons (Fsp3) is 0.435. The van der Waals surface area contributed by atoms with E-state index in [9.17, 15) is 13.2 Å². The van der Waals surface area contributed by atoms with Crippen LogP contribution >= 0.6 is 0 Å². The SMILES string of the molecule is CC(C(=O)Nc1cccc(S(=O)(=O)N2CCCCC2)c1)N1CCCc2ccccc21. The Morgan fingerprint density at radius 2 is 1.73 bits per heavy atom. The molecule has 0 bridgehead atoms. The Hall–Kier alpha value is -2.38. The fourth-order valence-corrected chi connectivity index (χ4v) is 5.91. The van der Waals surface area contributed by atoms with Crippen LogP contribution in [0, 0.1) is 0 Å². The summed E-state index contributed by atoms with van der Waals surface area (Å²) < 4.78 is 27.4. The van der Waals surface area contributed by atoms with Crippen LogP contribution in [0.2, 0.25) is 0 Å². The minimum atomic E-state index is -3.53. The molecule has 160 valence electrons. The molecule has 1 amide bonds. The number of hydrogen-bond acceptors (Lipinski definition) is 4. The molecule has 2 aliphatic rings. The molecule has 1 unspecified atom stereocenters. The van der Waals surface area contributed by atoms with Gasteiger partial charge in [-0.2, -0.15) is 4.31 Å². The van der Waals surface area contributed by atoms with Gasteiger partial charge in [0.15, 0.2) is 0 Å². The lowest BCUT2D eigenvalue weighted by Gasteiger charge is -2.35. The number of benzene rings is 2. The number of nitrogens with zero attached hydrogens (tertiary/aromatic N) is 2. The molecule has 0 aliphatic carbocycles. The van der Waals surface area contributed by atoms with Crippen LogP contribution in [0.4, 0.5) is 11.4 Å². The van der Waals surface area contributed by atoms with Gasteiger partial charge in [0.25, 0.3) is 0 Å². The first-order valence-electron chi connectivity index (χ1n) is 10.7. The molecule has 2 aliphatic heterocycles. The summed E-state index contributed by atoms with van der Waals surface area (Å²) in [6, 6.07) is 14.4. The molecular weight excluding hydrogens is 398 g/mol.